The first-order chi connectivity index (χ1) is 9.83. The Balaban J connectivity index is 2.22. The third-order valence-corrected chi connectivity index (χ3v) is 4.35. The lowest BCUT2D eigenvalue weighted by Gasteiger charge is -2.08. The van der Waals surface area contributed by atoms with Gasteiger partial charge in [0, 0.05) is 12.1 Å². The van der Waals surface area contributed by atoms with Crippen molar-refractivity contribution < 1.29 is 17.2 Å². The average Bonchev–Trinajstić information content (AvgIpc) is 2.88. The molecule has 0 atom stereocenters. The number of aryl methyl sites for hydroxylation is 1. The molecule has 6 nitrogen and oxygen atoms in total. The fourth-order valence-corrected chi connectivity index (χ4v) is 3.00. The van der Waals surface area contributed by atoms with Crippen LogP contribution < -0.4 is 10.5 Å². The van der Waals surface area contributed by atoms with E-state index in [9.17, 15) is 12.8 Å². The van der Waals surface area contributed by atoms with E-state index in [-0.39, 0.29) is 23.1 Å². The van der Waals surface area contributed by atoms with Crippen LogP contribution in [0, 0.1) is 5.82 Å². The Morgan fingerprint density at radius 2 is 2.19 bits per heavy atom. The van der Waals surface area contributed by atoms with E-state index in [0.717, 1.165) is 12.1 Å². The molecule has 3 N–H and O–H groups in total. The number of hydrogen-bond donors (Lipinski definition) is 2. The number of hydrogen-bond acceptors (Lipinski definition) is 5. The molecule has 0 aliphatic carbocycles. The van der Waals surface area contributed by atoms with Crippen LogP contribution in [-0.4, -0.2) is 13.4 Å². The molecule has 0 spiro atoms. The predicted molar refractivity (Wildman–Crippen MR) is 75.7 cm³/mol. The summed E-state index contributed by atoms with van der Waals surface area (Å²) in [6, 6.07) is 2.13. The van der Waals surface area contributed by atoms with Crippen LogP contribution in [-0.2, 0) is 23.0 Å². The highest BCUT2D eigenvalue weighted by Crippen LogP contribution is 2.25. The maximum atomic E-state index is 13.8. The molecule has 0 saturated heterocycles. The van der Waals surface area contributed by atoms with E-state index in [4.69, 9.17) is 21.8 Å². The fraction of sp³-hybridized carbons (Fsp3) is 0.250. The van der Waals surface area contributed by atoms with Crippen LogP contribution >= 0.6 is 11.6 Å². The first-order valence-corrected chi connectivity index (χ1v) is 7.87. The number of anilines is 1. The quantitative estimate of drug-likeness (QED) is 0.816. The molecule has 114 valence electrons. The summed E-state index contributed by atoms with van der Waals surface area (Å²) in [5.41, 5.74) is 5.53. The summed E-state index contributed by atoms with van der Waals surface area (Å²) in [5, 5.41) is -0.361. The van der Waals surface area contributed by atoms with E-state index >= 15 is 0 Å². The van der Waals surface area contributed by atoms with Crippen LogP contribution in [0.15, 0.2) is 27.6 Å². The zero-order valence-electron chi connectivity index (χ0n) is 11.1. The van der Waals surface area contributed by atoms with Crippen LogP contribution in [0.3, 0.4) is 0 Å². The van der Waals surface area contributed by atoms with Crippen LogP contribution in [0.25, 0.3) is 0 Å². The second kappa shape index (κ2) is 6.00. The molecule has 0 bridgehead atoms. The van der Waals surface area contributed by atoms with Crippen molar-refractivity contribution in [2.75, 3.05) is 5.73 Å². The average molecular weight is 334 g/mol. The normalized spacial score (nSPS) is 11.8. The largest absolute Gasteiger partial charge is 0.444 e. The number of rotatable bonds is 5. The van der Waals surface area contributed by atoms with E-state index in [1.807, 2.05) is 6.92 Å². The van der Waals surface area contributed by atoms with Crippen molar-refractivity contribution in [1.82, 2.24) is 9.71 Å². The maximum Gasteiger partial charge on any atom is 0.244 e. The molecule has 1 aromatic carbocycles. The number of benzene rings is 1. The molecule has 0 aliphatic heterocycles. The van der Waals surface area contributed by atoms with Gasteiger partial charge in [-0.3, -0.25) is 0 Å². The van der Waals surface area contributed by atoms with Gasteiger partial charge in [0.15, 0.2) is 5.82 Å². The molecule has 0 radical (unpaired) electrons. The van der Waals surface area contributed by atoms with E-state index in [1.54, 1.807) is 0 Å². The molecule has 0 aliphatic rings. The first kappa shape index (κ1) is 15.7. The third kappa shape index (κ3) is 3.52. The number of nitrogen functional groups attached to an aromatic ring is 1. The Labute approximate surface area is 126 Å². The number of sulfonamides is 1. The van der Waals surface area contributed by atoms with Crippen LogP contribution in [0.1, 0.15) is 18.6 Å². The Bertz CT molecular complexity index is 761. The van der Waals surface area contributed by atoms with Gasteiger partial charge in [-0.05, 0) is 12.1 Å². The number of aromatic nitrogens is 1. The number of nitrogens with one attached hydrogen (secondary N) is 1. The standard InChI is InChI=1S/C12H13ClFN3O3S/c1-2-8-5-16-11(20-8)6-17-21(18,19)10-4-7(15)3-9(13)12(10)14/h3-5,17H,2,6,15H2,1H3. The summed E-state index contributed by atoms with van der Waals surface area (Å²) in [5.74, 6) is -0.242. The minimum Gasteiger partial charge on any atom is -0.444 e. The van der Waals surface area contributed by atoms with Gasteiger partial charge in [-0.1, -0.05) is 18.5 Å². The zero-order chi connectivity index (χ0) is 15.6. The first-order valence-electron chi connectivity index (χ1n) is 6.01. The molecule has 0 saturated carbocycles. The van der Waals surface area contributed by atoms with Gasteiger partial charge in [0.25, 0.3) is 0 Å². The van der Waals surface area contributed by atoms with Gasteiger partial charge in [0.05, 0.1) is 17.8 Å². The van der Waals surface area contributed by atoms with Crippen LogP contribution in [0.4, 0.5) is 10.1 Å². The summed E-state index contributed by atoms with van der Waals surface area (Å²) >= 11 is 5.59. The molecular formula is C12H13ClFN3O3S. The van der Waals surface area contributed by atoms with Crippen molar-refractivity contribution in [2.45, 2.75) is 24.8 Å². The summed E-state index contributed by atoms with van der Waals surface area (Å²) in [6.07, 6.45) is 2.14. The van der Waals surface area contributed by atoms with E-state index in [0.29, 0.717) is 12.2 Å². The Hall–Kier alpha value is -1.64. The molecule has 2 rings (SSSR count). The molecule has 0 fully saturated rings. The van der Waals surface area contributed by atoms with Gasteiger partial charge < -0.3 is 10.2 Å². The number of nitrogens with zero attached hydrogens (tertiary/aromatic N) is 1. The number of halogens is 2. The minimum atomic E-state index is -4.12. The Morgan fingerprint density at radius 1 is 1.48 bits per heavy atom. The highest BCUT2D eigenvalue weighted by molar-refractivity contribution is 7.89. The topological polar surface area (TPSA) is 98.2 Å². The lowest BCUT2D eigenvalue weighted by Crippen LogP contribution is -2.24. The van der Waals surface area contributed by atoms with Crippen LogP contribution in [0.5, 0.6) is 0 Å². The molecule has 1 heterocycles. The van der Waals surface area contributed by atoms with Crippen molar-refractivity contribution in [3.05, 3.63) is 40.8 Å². The molecular weight excluding hydrogens is 321 g/mol. The van der Waals surface area contributed by atoms with E-state index < -0.39 is 20.7 Å². The van der Waals surface area contributed by atoms with Crippen molar-refractivity contribution in [2.24, 2.45) is 0 Å². The summed E-state index contributed by atoms with van der Waals surface area (Å²) < 4.78 is 45.4. The molecule has 0 amide bonds. The van der Waals surface area contributed by atoms with Gasteiger partial charge in [-0.15, -0.1) is 0 Å². The van der Waals surface area contributed by atoms with Crippen LogP contribution in [0.2, 0.25) is 5.02 Å². The summed E-state index contributed by atoms with van der Waals surface area (Å²) in [6.45, 7) is 1.67. The maximum absolute atomic E-state index is 13.8. The number of oxazole rings is 1. The second-order valence-electron chi connectivity index (χ2n) is 4.21. The highest BCUT2D eigenvalue weighted by atomic mass is 35.5. The van der Waals surface area contributed by atoms with Crippen molar-refractivity contribution in [3.63, 3.8) is 0 Å². The second-order valence-corrected chi connectivity index (χ2v) is 6.36. The Kier molecular flexibility index (Phi) is 4.50. The van der Waals surface area contributed by atoms with E-state index in [2.05, 4.69) is 9.71 Å². The summed E-state index contributed by atoms with van der Waals surface area (Å²) in [7, 11) is -4.12. The van der Waals surface area contributed by atoms with Crippen molar-refractivity contribution in [1.29, 1.82) is 0 Å². The minimum absolute atomic E-state index is 0.0474. The van der Waals surface area contributed by atoms with Gasteiger partial charge in [0.1, 0.15) is 10.7 Å². The molecule has 9 heteroatoms. The lowest BCUT2D eigenvalue weighted by molar-refractivity contribution is 0.451. The Morgan fingerprint density at radius 3 is 2.81 bits per heavy atom. The van der Waals surface area contributed by atoms with Crippen molar-refractivity contribution >= 4 is 27.3 Å². The van der Waals surface area contributed by atoms with Crippen molar-refractivity contribution in [3.8, 4) is 0 Å². The van der Waals surface area contributed by atoms with Gasteiger partial charge in [-0.25, -0.2) is 22.5 Å². The smallest absolute Gasteiger partial charge is 0.244 e. The SMILES string of the molecule is CCc1cnc(CNS(=O)(=O)c2cc(N)cc(Cl)c2F)o1. The third-order valence-electron chi connectivity index (χ3n) is 2.67. The van der Waals surface area contributed by atoms with Gasteiger partial charge >= 0.3 is 0 Å². The number of nitrogens with two attached hydrogens (primary N) is 1. The summed E-state index contributed by atoms with van der Waals surface area (Å²) in [4.78, 5) is 3.29. The highest BCUT2D eigenvalue weighted by Gasteiger charge is 2.22. The van der Waals surface area contributed by atoms with Gasteiger partial charge in [-0.2, -0.15) is 0 Å². The predicted octanol–water partition coefficient (Wildman–Crippen LogP) is 2.09. The molecule has 21 heavy (non-hydrogen) atoms. The zero-order valence-corrected chi connectivity index (χ0v) is 12.6. The lowest BCUT2D eigenvalue weighted by atomic mass is 10.3. The fourth-order valence-electron chi connectivity index (χ4n) is 1.61. The molecule has 0 unspecified atom stereocenters. The molecule has 1 aromatic heterocycles. The monoisotopic (exact) mass is 333 g/mol. The van der Waals surface area contributed by atoms with E-state index in [1.165, 1.54) is 6.20 Å². The van der Waals surface area contributed by atoms with Gasteiger partial charge in [0.2, 0.25) is 15.9 Å². The molecule has 2 aromatic rings.